The van der Waals surface area contributed by atoms with Crippen LogP contribution in [0.15, 0.2) is 9.32 Å². The summed E-state index contributed by atoms with van der Waals surface area (Å²) >= 11 is 0. The van der Waals surface area contributed by atoms with Crippen LogP contribution < -0.4 is 10.9 Å². The average Bonchev–Trinajstić information content (AvgIpc) is 3.26. The number of hydrogen-bond donors (Lipinski definition) is 1. The van der Waals surface area contributed by atoms with E-state index < -0.39 is 5.91 Å². The number of ether oxygens (including phenoxy) is 1. The van der Waals surface area contributed by atoms with Crippen LogP contribution in [0.4, 0.5) is 5.69 Å². The van der Waals surface area contributed by atoms with Crippen LogP contribution in [0.1, 0.15) is 119 Å². The van der Waals surface area contributed by atoms with Crippen molar-refractivity contribution >= 4 is 11.6 Å². The zero-order valence-electron chi connectivity index (χ0n) is 21.8. The molecule has 1 aliphatic carbocycles. The van der Waals surface area contributed by atoms with Gasteiger partial charge in [-0.15, -0.1) is 0 Å². The highest BCUT2D eigenvalue weighted by molar-refractivity contribution is 6.04. The fraction of sp³-hybridized carbons (Fsp3) is 0.731. The molecule has 1 unspecified atom stereocenters. The van der Waals surface area contributed by atoms with E-state index in [9.17, 15) is 9.59 Å². The summed E-state index contributed by atoms with van der Waals surface area (Å²) in [5.41, 5.74) is 1.46. The number of carbonyl (C=O) groups is 1. The van der Waals surface area contributed by atoms with Gasteiger partial charge in [0, 0.05) is 12.6 Å². The van der Waals surface area contributed by atoms with E-state index in [-0.39, 0.29) is 34.4 Å². The van der Waals surface area contributed by atoms with Gasteiger partial charge in [-0.3, -0.25) is 14.3 Å². The summed E-state index contributed by atoms with van der Waals surface area (Å²) in [6.07, 6.45) is 8.03. The Kier molecular flexibility index (Phi) is 6.57. The van der Waals surface area contributed by atoms with E-state index in [0.717, 1.165) is 50.6 Å². The number of anilines is 1. The Morgan fingerprint density at radius 1 is 1.12 bits per heavy atom. The lowest BCUT2D eigenvalue weighted by molar-refractivity contribution is -0.179. The van der Waals surface area contributed by atoms with E-state index >= 15 is 0 Å². The summed E-state index contributed by atoms with van der Waals surface area (Å²) in [4.78, 5) is 26.4. The van der Waals surface area contributed by atoms with E-state index in [1.54, 1.807) is 4.68 Å². The van der Waals surface area contributed by atoms with Crippen LogP contribution in [0.3, 0.4) is 0 Å². The molecular formula is C26H40N4O4. The second-order valence-corrected chi connectivity index (χ2v) is 11.4. The molecule has 2 aromatic rings. The van der Waals surface area contributed by atoms with Gasteiger partial charge in [0.2, 0.25) is 0 Å². The molecule has 34 heavy (non-hydrogen) atoms. The first-order chi connectivity index (χ1) is 15.9. The fourth-order valence-corrected chi connectivity index (χ4v) is 5.44. The molecule has 2 aromatic heterocycles. The highest BCUT2D eigenvalue weighted by atomic mass is 16.5. The predicted octanol–water partition coefficient (Wildman–Crippen LogP) is 5.60. The third kappa shape index (κ3) is 4.25. The molecule has 2 atom stereocenters. The number of hydrogen-bond acceptors (Lipinski definition) is 5. The minimum atomic E-state index is -0.427. The van der Waals surface area contributed by atoms with Crippen molar-refractivity contribution in [2.75, 3.05) is 5.32 Å². The smallest absolute Gasteiger partial charge is 0.291 e. The van der Waals surface area contributed by atoms with Crippen LogP contribution in [0.2, 0.25) is 0 Å². The van der Waals surface area contributed by atoms with Gasteiger partial charge in [0.25, 0.3) is 11.5 Å². The Morgan fingerprint density at radius 3 is 2.44 bits per heavy atom. The van der Waals surface area contributed by atoms with E-state index in [1.807, 2.05) is 25.6 Å². The van der Waals surface area contributed by atoms with Crippen molar-refractivity contribution in [3.05, 3.63) is 33.1 Å². The standard InChI is InChI=1S/C26H40N4O4/c1-16-20(28-34-22(16)19-14-11-15-26(6,33-19)25(3,4)5)23(31)27-21-17(2)29(7)30(24(21)32)18-12-9-8-10-13-18/h18-19H,8-15H2,1-7H3,(H,27,31)/t19-,26?/m0/s1. The summed E-state index contributed by atoms with van der Waals surface area (Å²) in [6.45, 7) is 12.4. The van der Waals surface area contributed by atoms with Gasteiger partial charge in [-0.05, 0) is 58.3 Å². The molecule has 3 heterocycles. The van der Waals surface area contributed by atoms with Crippen molar-refractivity contribution in [1.29, 1.82) is 0 Å². The van der Waals surface area contributed by atoms with E-state index in [4.69, 9.17) is 9.26 Å². The molecule has 4 rings (SSSR count). The second-order valence-electron chi connectivity index (χ2n) is 11.4. The van der Waals surface area contributed by atoms with Crippen LogP contribution in [0.25, 0.3) is 0 Å². The normalized spacial score (nSPS) is 24.4. The molecule has 0 aromatic carbocycles. The maximum Gasteiger partial charge on any atom is 0.291 e. The van der Waals surface area contributed by atoms with Gasteiger partial charge in [0.1, 0.15) is 11.8 Å². The molecule has 1 aliphatic heterocycles. The SMILES string of the molecule is Cc1c(C(=O)Nc2c(C)n(C)n(C3CCCCC3)c2=O)noc1[C@@H]1CCCC(C)(C(C)(C)C)O1. The molecule has 1 saturated heterocycles. The molecule has 0 spiro atoms. The summed E-state index contributed by atoms with van der Waals surface area (Å²) in [7, 11) is 1.88. The van der Waals surface area contributed by atoms with E-state index in [0.29, 0.717) is 17.0 Å². The second kappa shape index (κ2) is 9.02. The zero-order valence-corrected chi connectivity index (χ0v) is 21.8. The lowest BCUT2D eigenvalue weighted by Crippen LogP contribution is -2.45. The average molecular weight is 473 g/mol. The first-order valence-electron chi connectivity index (χ1n) is 12.7. The molecule has 8 nitrogen and oxygen atoms in total. The van der Waals surface area contributed by atoms with Crippen molar-refractivity contribution in [3.63, 3.8) is 0 Å². The number of amides is 1. The van der Waals surface area contributed by atoms with Gasteiger partial charge in [0.15, 0.2) is 11.5 Å². The van der Waals surface area contributed by atoms with Gasteiger partial charge in [-0.1, -0.05) is 45.2 Å². The number of rotatable bonds is 4. The van der Waals surface area contributed by atoms with Crippen LogP contribution in [-0.2, 0) is 11.8 Å². The van der Waals surface area contributed by atoms with Crippen molar-refractivity contribution in [2.45, 2.75) is 111 Å². The minimum absolute atomic E-state index is 0.0249. The molecule has 1 amide bonds. The third-order valence-corrected chi connectivity index (χ3v) is 8.33. The highest BCUT2D eigenvalue weighted by Crippen LogP contribution is 2.46. The van der Waals surface area contributed by atoms with E-state index in [1.165, 1.54) is 6.42 Å². The Hall–Kier alpha value is -2.35. The van der Waals surface area contributed by atoms with Crippen LogP contribution in [0.5, 0.6) is 0 Å². The topological polar surface area (TPSA) is 91.3 Å². The summed E-state index contributed by atoms with van der Waals surface area (Å²) < 4.78 is 15.9. The summed E-state index contributed by atoms with van der Waals surface area (Å²) in [5.74, 6) is 0.174. The van der Waals surface area contributed by atoms with Crippen molar-refractivity contribution in [1.82, 2.24) is 14.5 Å². The summed E-state index contributed by atoms with van der Waals surface area (Å²) in [6, 6.07) is 0.177. The molecule has 1 saturated carbocycles. The zero-order chi connectivity index (χ0) is 24.8. The lowest BCUT2D eigenvalue weighted by Gasteiger charge is -2.47. The first kappa shape index (κ1) is 24.8. The van der Waals surface area contributed by atoms with Gasteiger partial charge >= 0.3 is 0 Å². The Labute approximate surface area is 202 Å². The molecule has 8 heteroatoms. The largest absolute Gasteiger partial charge is 0.363 e. The first-order valence-corrected chi connectivity index (χ1v) is 12.7. The number of nitrogens with zero attached hydrogens (tertiary/aromatic N) is 3. The number of aromatic nitrogens is 3. The Morgan fingerprint density at radius 2 is 1.79 bits per heavy atom. The molecule has 2 aliphatic rings. The molecule has 0 bridgehead atoms. The summed E-state index contributed by atoms with van der Waals surface area (Å²) in [5, 5.41) is 6.93. The van der Waals surface area contributed by atoms with E-state index in [2.05, 4.69) is 38.2 Å². The molecule has 1 N–H and O–H groups in total. The van der Waals surface area contributed by atoms with Crippen molar-refractivity contribution in [3.8, 4) is 0 Å². The van der Waals surface area contributed by atoms with Gasteiger partial charge in [0.05, 0.1) is 17.3 Å². The van der Waals surface area contributed by atoms with Crippen LogP contribution in [0, 0.1) is 19.3 Å². The third-order valence-electron chi connectivity index (χ3n) is 8.33. The van der Waals surface area contributed by atoms with Gasteiger partial charge in [-0.25, -0.2) is 4.68 Å². The number of carbonyl (C=O) groups excluding carboxylic acids is 1. The molecule has 2 fully saturated rings. The fourth-order valence-electron chi connectivity index (χ4n) is 5.44. The quantitative estimate of drug-likeness (QED) is 0.626. The monoisotopic (exact) mass is 472 g/mol. The van der Waals surface area contributed by atoms with Crippen LogP contribution >= 0.6 is 0 Å². The minimum Gasteiger partial charge on any atom is -0.363 e. The highest BCUT2D eigenvalue weighted by Gasteiger charge is 2.44. The van der Waals surface area contributed by atoms with Crippen molar-refractivity contribution < 1.29 is 14.1 Å². The molecular weight excluding hydrogens is 432 g/mol. The number of nitrogens with one attached hydrogen (secondary N) is 1. The lowest BCUT2D eigenvalue weighted by atomic mass is 9.73. The van der Waals surface area contributed by atoms with Gasteiger partial charge in [-0.2, -0.15) is 0 Å². The Bertz CT molecular complexity index is 1110. The van der Waals surface area contributed by atoms with Gasteiger partial charge < -0.3 is 14.6 Å². The van der Waals surface area contributed by atoms with Crippen LogP contribution in [-0.4, -0.2) is 26.0 Å². The molecule has 0 radical (unpaired) electrons. The Balaban J connectivity index is 1.56. The maximum atomic E-state index is 13.2. The predicted molar refractivity (Wildman–Crippen MR) is 131 cm³/mol. The maximum absolute atomic E-state index is 13.2. The van der Waals surface area contributed by atoms with Crippen molar-refractivity contribution in [2.24, 2.45) is 12.5 Å². The molecule has 188 valence electrons.